The number of aromatic nitrogens is 5. The fourth-order valence-corrected chi connectivity index (χ4v) is 2.29. The summed E-state index contributed by atoms with van der Waals surface area (Å²) in [4.78, 5) is 5.94. The number of para-hydroxylation sites is 1. The quantitative estimate of drug-likeness (QED) is 0.729. The van der Waals surface area contributed by atoms with E-state index >= 15 is 0 Å². The van der Waals surface area contributed by atoms with Gasteiger partial charge in [-0.1, -0.05) is 23.4 Å². The highest BCUT2D eigenvalue weighted by molar-refractivity contribution is 5.44. The van der Waals surface area contributed by atoms with Crippen molar-refractivity contribution < 1.29 is 9.26 Å². The Morgan fingerprint density at radius 2 is 2.10 bits per heavy atom. The molecule has 1 saturated heterocycles. The maximum Gasteiger partial charge on any atom is 0.280 e. The van der Waals surface area contributed by atoms with Crippen LogP contribution in [0.3, 0.4) is 0 Å². The first-order valence-electron chi connectivity index (χ1n) is 6.79. The summed E-state index contributed by atoms with van der Waals surface area (Å²) in [5.41, 5.74) is 1.45. The second-order valence-electron chi connectivity index (χ2n) is 4.87. The Bertz CT molecular complexity index is 731. The molecule has 0 bridgehead atoms. The third-order valence-corrected chi connectivity index (χ3v) is 3.43. The molecule has 0 unspecified atom stereocenters. The van der Waals surface area contributed by atoms with E-state index in [2.05, 4.69) is 20.3 Å². The standard InChI is InChI=1S/C14H13N5O2/c1-2-4-11(5-3-1)19-15-8-12(17-19)14-16-13(18-21-14)10-6-7-20-9-10/h1-5,8,10H,6-7,9H2/t10-/m0/s1. The van der Waals surface area contributed by atoms with E-state index in [0.717, 1.165) is 18.7 Å². The molecule has 4 rings (SSSR count). The van der Waals surface area contributed by atoms with Crippen LogP contribution in [0.25, 0.3) is 17.3 Å². The van der Waals surface area contributed by atoms with Gasteiger partial charge in [-0.05, 0) is 18.6 Å². The molecule has 0 N–H and O–H groups in total. The van der Waals surface area contributed by atoms with Crippen LogP contribution in [0.4, 0.5) is 0 Å². The number of hydrogen-bond donors (Lipinski definition) is 0. The molecule has 1 aromatic carbocycles. The van der Waals surface area contributed by atoms with Gasteiger partial charge in [0.1, 0.15) is 0 Å². The molecule has 1 aliphatic rings. The van der Waals surface area contributed by atoms with E-state index in [9.17, 15) is 0 Å². The topological polar surface area (TPSA) is 78.9 Å². The van der Waals surface area contributed by atoms with Crippen molar-refractivity contribution >= 4 is 0 Å². The molecule has 2 aromatic heterocycles. The van der Waals surface area contributed by atoms with Crippen molar-refractivity contribution in [1.29, 1.82) is 0 Å². The van der Waals surface area contributed by atoms with E-state index in [1.165, 1.54) is 4.80 Å². The third-order valence-electron chi connectivity index (χ3n) is 3.43. The van der Waals surface area contributed by atoms with Gasteiger partial charge in [-0.15, -0.1) is 5.10 Å². The average Bonchev–Trinajstić information content (AvgIpc) is 3.27. The van der Waals surface area contributed by atoms with Gasteiger partial charge in [0.2, 0.25) is 0 Å². The molecule has 0 spiro atoms. The number of benzene rings is 1. The van der Waals surface area contributed by atoms with Crippen molar-refractivity contribution in [3.05, 3.63) is 42.4 Å². The number of nitrogens with zero attached hydrogens (tertiary/aromatic N) is 5. The molecule has 3 heterocycles. The Balaban J connectivity index is 1.61. The summed E-state index contributed by atoms with van der Waals surface area (Å²) in [5.74, 6) is 1.28. The van der Waals surface area contributed by atoms with Crippen LogP contribution < -0.4 is 0 Å². The summed E-state index contributed by atoms with van der Waals surface area (Å²) >= 11 is 0. The molecule has 1 fully saturated rings. The van der Waals surface area contributed by atoms with Gasteiger partial charge in [-0.3, -0.25) is 0 Å². The third kappa shape index (κ3) is 2.31. The molecule has 0 saturated carbocycles. The van der Waals surface area contributed by atoms with Gasteiger partial charge in [0.25, 0.3) is 5.89 Å². The van der Waals surface area contributed by atoms with Gasteiger partial charge in [0, 0.05) is 12.5 Å². The zero-order valence-corrected chi connectivity index (χ0v) is 11.2. The van der Waals surface area contributed by atoms with Crippen LogP contribution in [0, 0.1) is 0 Å². The molecule has 7 heteroatoms. The Hall–Kier alpha value is -2.54. The summed E-state index contributed by atoms with van der Waals surface area (Å²) in [5, 5.41) is 12.6. The van der Waals surface area contributed by atoms with E-state index in [-0.39, 0.29) is 5.92 Å². The normalized spacial score (nSPS) is 18.2. The van der Waals surface area contributed by atoms with Crippen LogP contribution in [0.15, 0.2) is 41.1 Å². The molecule has 3 aromatic rings. The first-order chi connectivity index (χ1) is 10.4. The summed E-state index contributed by atoms with van der Waals surface area (Å²) in [7, 11) is 0. The number of ether oxygens (including phenoxy) is 1. The second kappa shape index (κ2) is 5.10. The van der Waals surface area contributed by atoms with Gasteiger partial charge in [0.05, 0.1) is 18.5 Å². The predicted molar refractivity (Wildman–Crippen MR) is 72.8 cm³/mol. The minimum absolute atomic E-state index is 0.215. The zero-order valence-electron chi connectivity index (χ0n) is 11.2. The van der Waals surface area contributed by atoms with Crippen molar-refractivity contribution in [2.45, 2.75) is 12.3 Å². The molecule has 106 valence electrons. The van der Waals surface area contributed by atoms with Gasteiger partial charge in [-0.25, -0.2) is 0 Å². The average molecular weight is 283 g/mol. The van der Waals surface area contributed by atoms with Crippen LogP contribution in [-0.4, -0.2) is 38.3 Å². The van der Waals surface area contributed by atoms with Crippen LogP contribution >= 0.6 is 0 Å². The fourth-order valence-electron chi connectivity index (χ4n) is 2.29. The van der Waals surface area contributed by atoms with E-state index in [4.69, 9.17) is 9.26 Å². The first kappa shape index (κ1) is 12.2. The molecule has 7 nitrogen and oxygen atoms in total. The first-order valence-corrected chi connectivity index (χ1v) is 6.79. The van der Waals surface area contributed by atoms with Crippen LogP contribution in [0.2, 0.25) is 0 Å². The van der Waals surface area contributed by atoms with Gasteiger partial charge < -0.3 is 9.26 Å². The van der Waals surface area contributed by atoms with Crippen molar-refractivity contribution in [1.82, 2.24) is 25.1 Å². The molecule has 0 aliphatic carbocycles. The Morgan fingerprint density at radius 3 is 2.90 bits per heavy atom. The lowest BCUT2D eigenvalue weighted by molar-refractivity contribution is 0.192. The van der Waals surface area contributed by atoms with Crippen LogP contribution in [0.1, 0.15) is 18.2 Å². The molecular formula is C14H13N5O2. The van der Waals surface area contributed by atoms with Crippen LogP contribution in [-0.2, 0) is 4.74 Å². The molecule has 1 atom stereocenters. The monoisotopic (exact) mass is 283 g/mol. The molecule has 0 radical (unpaired) electrons. The molecule has 1 aliphatic heterocycles. The Labute approximate surface area is 120 Å². The highest BCUT2D eigenvalue weighted by Crippen LogP contribution is 2.24. The summed E-state index contributed by atoms with van der Waals surface area (Å²) in [6, 6.07) is 9.67. The van der Waals surface area contributed by atoms with Gasteiger partial charge in [0.15, 0.2) is 11.5 Å². The van der Waals surface area contributed by atoms with E-state index in [1.54, 1.807) is 6.20 Å². The van der Waals surface area contributed by atoms with E-state index in [0.29, 0.717) is 24.0 Å². The lowest BCUT2D eigenvalue weighted by atomic mass is 10.1. The summed E-state index contributed by atoms with van der Waals surface area (Å²) < 4.78 is 10.6. The SMILES string of the molecule is c1ccc(-n2ncc(-c3nc([C@H]4CCOC4)no3)n2)cc1. The van der Waals surface area contributed by atoms with Gasteiger partial charge in [-0.2, -0.15) is 14.9 Å². The van der Waals surface area contributed by atoms with Crippen molar-refractivity contribution in [3.8, 4) is 17.3 Å². The van der Waals surface area contributed by atoms with E-state index < -0.39 is 0 Å². The minimum Gasteiger partial charge on any atom is -0.381 e. The van der Waals surface area contributed by atoms with Crippen molar-refractivity contribution in [3.63, 3.8) is 0 Å². The van der Waals surface area contributed by atoms with Crippen molar-refractivity contribution in [2.75, 3.05) is 13.2 Å². The van der Waals surface area contributed by atoms with Crippen molar-refractivity contribution in [2.24, 2.45) is 0 Å². The maximum absolute atomic E-state index is 5.33. The lowest BCUT2D eigenvalue weighted by Crippen LogP contribution is -2.00. The Morgan fingerprint density at radius 1 is 1.19 bits per heavy atom. The largest absolute Gasteiger partial charge is 0.381 e. The highest BCUT2D eigenvalue weighted by Gasteiger charge is 2.24. The number of hydrogen-bond acceptors (Lipinski definition) is 6. The second-order valence-corrected chi connectivity index (χ2v) is 4.87. The minimum atomic E-state index is 0.215. The maximum atomic E-state index is 5.33. The summed E-state index contributed by atoms with van der Waals surface area (Å²) in [6.07, 6.45) is 2.55. The highest BCUT2D eigenvalue weighted by atomic mass is 16.5. The number of rotatable bonds is 3. The molecular weight excluding hydrogens is 270 g/mol. The lowest BCUT2D eigenvalue weighted by Gasteiger charge is -1.97. The van der Waals surface area contributed by atoms with Crippen LogP contribution in [0.5, 0.6) is 0 Å². The zero-order chi connectivity index (χ0) is 14.1. The summed E-state index contributed by atoms with van der Waals surface area (Å²) in [6.45, 7) is 1.40. The molecule has 21 heavy (non-hydrogen) atoms. The Kier molecular flexibility index (Phi) is 2.97. The fraction of sp³-hybridized carbons (Fsp3) is 0.286. The van der Waals surface area contributed by atoms with E-state index in [1.807, 2.05) is 30.3 Å². The van der Waals surface area contributed by atoms with Gasteiger partial charge >= 0.3 is 0 Å². The predicted octanol–water partition coefficient (Wildman–Crippen LogP) is 1.82. The smallest absolute Gasteiger partial charge is 0.280 e. The molecule has 0 amide bonds.